The molecule has 4 rings (SSSR count). The number of nitrogens with zero attached hydrogens (tertiary/aromatic N) is 2. The molecule has 0 radical (unpaired) electrons. The van der Waals surface area contributed by atoms with Gasteiger partial charge in [-0.2, -0.15) is 8.78 Å². The lowest BCUT2D eigenvalue weighted by Crippen LogP contribution is -2.43. The second kappa shape index (κ2) is 7.59. The highest BCUT2D eigenvalue weighted by molar-refractivity contribution is 7.91. The Labute approximate surface area is 172 Å². The highest BCUT2D eigenvalue weighted by atomic mass is 35.5. The van der Waals surface area contributed by atoms with Crippen LogP contribution in [0.5, 0.6) is 0 Å². The third-order valence-electron chi connectivity index (χ3n) is 5.21. The van der Waals surface area contributed by atoms with Crippen LogP contribution in [0.15, 0.2) is 52.4 Å². The Hall–Kier alpha value is -2.16. The van der Waals surface area contributed by atoms with E-state index in [-0.39, 0.29) is 25.7 Å². The Morgan fingerprint density at radius 1 is 1.10 bits per heavy atom. The smallest absolute Gasteiger partial charge is 0.319 e. The van der Waals surface area contributed by atoms with E-state index in [0.717, 1.165) is 43.6 Å². The molecule has 1 fully saturated rings. The minimum atomic E-state index is -4.03. The molecule has 5 nitrogen and oxygen atoms in total. The summed E-state index contributed by atoms with van der Waals surface area (Å²) in [7, 11) is -4.03. The van der Waals surface area contributed by atoms with Gasteiger partial charge in [-0.05, 0) is 42.8 Å². The molecule has 2 heterocycles. The topological polar surface area (TPSA) is 54.3 Å². The average Bonchev–Trinajstić information content (AvgIpc) is 3.08. The van der Waals surface area contributed by atoms with Gasteiger partial charge in [0.15, 0.2) is 0 Å². The number of hydrogen-bond donors (Lipinski definition) is 1. The number of anilines is 1. The Morgan fingerprint density at radius 2 is 1.83 bits per heavy atom. The van der Waals surface area contributed by atoms with E-state index in [0.29, 0.717) is 4.57 Å². The average molecular weight is 440 g/mol. The van der Waals surface area contributed by atoms with Crippen LogP contribution in [0.1, 0.15) is 12.1 Å². The quantitative estimate of drug-likeness (QED) is 0.660. The highest BCUT2D eigenvalue weighted by Gasteiger charge is 2.27. The van der Waals surface area contributed by atoms with Gasteiger partial charge in [0, 0.05) is 48.5 Å². The van der Waals surface area contributed by atoms with E-state index in [1.165, 1.54) is 24.3 Å². The van der Waals surface area contributed by atoms with Crippen molar-refractivity contribution in [2.24, 2.45) is 0 Å². The third-order valence-corrected chi connectivity index (χ3v) is 7.22. The summed E-state index contributed by atoms with van der Waals surface area (Å²) in [6.07, 6.45) is 0.991. The van der Waals surface area contributed by atoms with Crippen LogP contribution in [-0.2, 0) is 9.84 Å². The summed E-state index contributed by atoms with van der Waals surface area (Å²) in [6, 6.07) is 9.19. The van der Waals surface area contributed by atoms with Gasteiger partial charge in [-0.25, -0.2) is 8.42 Å². The molecule has 0 atom stereocenters. The van der Waals surface area contributed by atoms with Crippen LogP contribution in [0.2, 0.25) is 5.02 Å². The second-order valence-corrected chi connectivity index (χ2v) is 9.38. The molecule has 154 valence electrons. The first-order valence-electron chi connectivity index (χ1n) is 9.18. The molecule has 0 amide bonds. The van der Waals surface area contributed by atoms with Crippen molar-refractivity contribution in [1.82, 2.24) is 9.88 Å². The zero-order valence-electron chi connectivity index (χ0n) is 15.7. The maximum absolute atomic E-state index is 13.5. The number of aryl methyl sites for hydroxylation is 1. The molecule has 0 unspecified atom stereocenters. The third kappa shape index (κ3) is 3.60. The molecule has 9 heteroatoms. The molecule has 1 aliphatic heterocycles. The molecule has 1 aliphatic rings. The van der Waals surface area contributed by atoms with Crippen molar-refractivity contribution >= 4 is 38.0 Å². The molecule has 0 spiro atoms. The van der Waals surface area contributed by atoms with E-state index >= 15 is 0 Å². The standard InChI is InChI=1S/C20H20ClF2N3O2S/c1-13-2-4-15(11-18(13)25-8-6-24-7-9-25)29(27,28)19-12-26(20(22)23)17-5-3-14(21)10-16(17)19/h2-5,10-12,20,24H,6-9H2,1H3. The molecular formula is C20H20ClF2N3O2S. The van der Waals surface area contributed by atoms with Gasteiger partial charge in [0.2, 0.25) is 9.84 Å². The lowest BCUT2D eigenvalue weighted by molar-refractivity contribution is 0.0748. The molecular weight excluding hydrogens is 420 g/mol. The van der Waals surface area contributed by atoms with E-state index in [9.17, 15) is 17.2 Å². The number of hydrogen-bond acceptors (Lipinski definition) is 4. The van der Waals surface area contributed by atoms with Crippen LogP contribution in [0.4, 0.5) is 14.5 Å². The van der Waals surface area contributed by atoms with Crippen molar-refractivity contribution < 1.29 is 17.2 Å². The van der Waals surface area contributed by atoms with Crippen molar-refractivity contribution in [3.8, 4) is 0 Å². The van der Waals surface area contributed by atoms with Crippen LogP contribution in [-0.4, -0.2) is 39.2 Å². The molecule has 1 N–H and O–H groups in total. The summed E-state index contributed by atoms with van der Waals surface area (Å²) >= 11 is 6.02. The number of rotatable bonds is 4. The van der Waals surface area contributed by atoms with Gasteiger partial charge in [0.1, 0.15) is 0 Å². The monoisotopic (exact) mass is 439 g/mol. The number of nitrogens with one attached hydrogen (secondary N) is 1. The maximum Gasteiger partial charge on any atom is 0.319 e. The van der Waals surface area contributed by atoms with E-state index in [4.69, 9.17) is 11.6 Å². The molecule has 29 heavy (non-hydrogen) atoms. The molecule has 0 saturated carbocycles. The number of piperazine rings is 1. The fourth-order valence-corrected chi connectivity index (χ4v) is 5.35. The van der Waals surface area contributed by atoms with Crippen molar-refractivity contribution in [3.63, 3.8) is 0 Å². The summed E-state index contributed by atoms with van der Waals surface area (Å²) in [4.78, 5) is 2.03. The lowest BCUT2D eigenvalue weighted by atomic mass is 10.1. The fourth-order valence-electron chi connectivity index (χ4n) is 3.70. The number of fused-ring (bicyclic) bond motifs is 1. The number of halogens is 3. The highest BCUT2D eigenvalue weighted by Crippen LogP contribution is 2.35. The Morgan fingerprint density at radius 3 is 2.52 bits per heavy atom. The SMILES string of the molecule is Cc1ccc(S(=O)(=O)c2cn(C(F)F)c3ccc(Cl)cc23)cc1N1CCNCC1. The van der Waals surface area contributed by atoms with Gasteiger partial charge in [-0.3, -0.25) is 4.57 Å². The molecule has 0 bridgehead atoms. The number of alkyl halides is 2. The summed E-state index contributed by atoms with van der Waals surface area (Å²) in [5.41, 5.74) is 1.92. The second-order valence-electron chi connectivity index (χ2n) is 7.03. The fraction of sp³-hybridized carbons (Fsp3) is 0.300. The van der Waals surface area contributed by atoms with E-state index in [2.05, 4.69) is 10.2 Å². The number of sulfone groups is 1. The van der Waals surface area contributed by atoms with Crippen LogP contribution >= 0.6 is 11.6 Å². The van der Waals surface area contributed by atoms with E-state index < -0.39 is 16.4 Å². The lowest BCUT2D eigenvalue weighted by Gasteiger charge is -2.31. The van der Waals surface area contributed by atoms with E-state index in [1.807, 2.05) is 6.92 Å². The first-order valence-corrected chi connectivity index (χ1v) is 11.0. The molecule has 2 aromatic carbocycles. The molecule has 1 aromatic heterocycles. The Bertz CT molecular complexity index is 1170. The summed E-state index contributed by atoms with van der Waals surface area (Å²) in [5.74, 6) is 0. The van der Waals surface area contributed by atoms with Crippen molar-refractivity contribution in [2.75, 3.05) is 31.1 Å². The van der Waals surface area contributed by atoms with Crippen molar-refractivity contribution in [2.45, 2.75) is 23.3 Å². The van der Waals surface area contributed by atoms with Crippen molar-refractivity contribution in [3.05, 3.63) is 53.2 Å². The first kappa shape index (κ1) is 20.1. The first-order chi connectivity index (χ1) is 13.8. The molecule has 3 aromatic rings. The summed E-state index contributed by atoms with van der Waals surface area (Å²) in [5, 5.41) is 3.73. The predicted molar refractivity (Wildman–Crippen MR) is 110 cm³/mol. The Kier molecular flexibility index (Phi) is 5.27. The molecule has 0 aliphatic carbocycles. The minimum Gasteiger partial charge on any atom is -0.369 e. The van der Waals surface area contributed by atoms with Crippen LogP contribution in [0.25, 0.3) is 10.9 Å². The number of benzene rings is 2. The van der Waals surface area contributed by atoms with Gasteiger partial charge in [-0.15, -0.1) is 0 Å². The largest absolute Gasteiger partial charge is 0.369 e. The van der Waals surface area contributed by atoms with Crippen LogP contribution in [0, 0.1) is 6.92 Å². The Balaban J connectivity index is 1.87. The van der Waals surface area contributed by atoms with Crippen molar-refractivity contribution in [1.29, 1.82) is 0 Å². The van der Waals surface area contributed by atoms with Gasteiger partial charge >= 0.3 is 6.55 Å². The van der Waals surface area contributed by atoms with Gasteiger partial charge < -0.3 is 10.2 Å². The van der Waals surface area contributed by atoms with Gasteiger partial charge in [0.25, 0.3) is 0 Å². The van der Waals surface area contributed by atoms with Gasteiger partial charge in [0.05, 0.1) is 15.3 Å². The van der Waals surface area contributed by atoms with Gasteiger partial charge in [-0.1, -0.05) is 17.7 Å². The van der Waals surface area contributed by atoms with E-state index in [1.54, 1.807) is 12.1 Å². The summed E-state index contributed by atoms with van der Waals surface area (Å²) in [6.45, 7) is 2.23. The minimum absolute atomic E-state index is 0.0740. The summed E-state index contributed by atoms with van der Waals surface area (Å²) < 4.78 is 54.4. The zero-order chi connectivity index (χ0) is 20.8. The predicted octanol–water partition coefficient (Wildman–Crippen LogP) is 4.24. The normalized spacial score (nSPS) is 15.4. The van der Waals surface area contributed by atoms with Crippen LogP contribution < -0.4 is 10.2 Å². The van der Waals surface area contributed by atoms with Crippen LogP contribution in [0.3, 0.4) is 0 Å². The molecule has 1 saturated heterocycles. The maximum atomic E-state index is 13.5. The zero-order valence-corrected chi connectivity index (χ0v) is 17.3. The number of aromatic nitrogens is 1.